The topological polar surface area (TPSA) is 55.1 Å². The number of nitrogen functional groups attached to an aromatic ring is 1. The second kappa shape index (κ2) is 5.52. The van der Waals surface area contributed by atoms with Crippen molar-refractivity contribution in [3.63, 3.8) is 0 Å². The lowest BCUT2D eigenvalue weighted by Gasteiger charge is -2.14. The molecule has 0 aliphatic carbocycles. The standard InChI is InChI=1S/C15H15FN2O/c1-10(12-3-2-4-13(16)9-12)18-15(19)11-5-7-14(17)8-6-11/h2-10H,17H2,1H3,(H,18,19)/t10-/m1/s1. The summed E-state index contributed by atoms with van der Waals surface area (Å²) in [6, 6.07) is 12.6. The molecule has 2 aromatic carbocycles. The van der Waals surface area contributed by atoms with E-state index in [9.17, 15) is 9.18 Å². The quantitative estimate of drug-likeness (QED) is 0.832. The highest BCUT2D eigenvalue weighted by Crippen LogP contribution is 2.14. The number of hydrogen-bond acceptors (Lipinski definition) is 2. The van der Waals surface area contributed by atoms with Gasteiger partial charge in [-0.15, -0.1) is 0 Å². The van der Waals surface area contributed by atoms with E-state index in [-0.39, 0.29) is 17.8 Å². The van der Waals surface area contributed by atoms with Crippen molar-refractivity contribution in [2.45, 2.75) is 13.0 Å². The van der Waals surface area contributed by atoms with Gasteiger partial charge in [-0.2, -0.15) is 0 Å². The molecule has 2 rings (SSSR count). The highest BCUT2D eigenvalue weighted by Gasteiger charge is 2.11. The molecule has 1 amide bonds. The molecule has 0 aromatic heterocycles. The predicted molar refractivity (Wildman–Crippen MR) is 73.1 cm³/mol. The Hall–Kier alpha value is -2.36. The van der Waals surface area contributed by atoms with Gasteiger partial charge in [-0.05, 0) is 48.9 Å². The average molecular weight is 258 g/mol. The molecule has 1 atom stereocenters. The lowest BCUT2D eigenvalue weighted by Crippen LogP contribution is -2.26. The van der Waals surface area contributed by atoms with E-state index in [1.165, 1.54) is 12.1 Å². The normalized spacial score (nSPS) is 11.9. The molecule has 0 aliphatic heterocycles. The molecule has 0 saturated heterocycles. The van der Waals surface area contributed by atoms with E-state index in [4.69, 9.17) is 5.73 Å². The molecular weight excluding hydrogens is 243 g/mol. The van der Waals surface area contributed by atoms with Crippen LogP contribution < -0.4 is 11.1 Å². The van der Waals surface area contributed by atoms with Crippen molar-refractivity contribution in [1.82, 2.24) is 5.32 Å². The van der Waals surface area contributed by atoms with Gasteiger partial charge >= 0.3 is 0 Å². The molecule has 0 radical (unpaired) electrons. The number of nitrogens with two attached hydrogens (primary N) is 1. The minimum Gasteiger partial charge on any atom is -0.399 e. The Labute approximate surface area is 111 Å². The van der Waals surface area contributed by atoms with Crippen LogP contribution in [0.25, 0.3) is 0 Å². The first kappa shape index (κ1) is 13.1. The summed E-state index contributed by atoms with van der Waals surface area (Å²) < 4.78 is 13.1. The summed E-state index contributed by atoms with van der Waals surface area (Å²) in [5.74, 6) is -0.525. The maximum Gasteiger partial charge on any atom is 0.251 e. The van der Waals surface area contributed by atoms with Gasteiger partial charge in [-0.1, -0.05) is 12.1 Å². The van der Waals surface area contributed by atoms with Crippen molar-refractivity contribution < 1.29 is 9.18 Å². The minimum absolute atomic E-state index is 0.211. The zero-order valence-electron chi connectivity index (χ0n) is 10.6. The van der Waals surface area contributed by atoms with Gasteiger partial charge in [0, 0.05) is 11.3 Å². The molecule has 19 heavy (non-hydrogen) atoms. The van der Waals surface area contributed by atoms with Gasteiger partial charge in [-0.3, -0.25) is 4.79 Å². The molecule has 0 fully saturated rings. The zero-order valence-corrected chi connectivity index (χ0v) is 10.6. The second-order valence-electron chi connectivity index (χ2n) is 4.37. The smallest absolute Gasteiger partial charge is 0.251 e. The molecule has 98 valence electrons. The summed E-state index contributed by atoms with van der Waals surface area (Å²) in [6.07, 6.45) is 0. The Bertz CT molecular complexity index is 581. The monoisotopic (exact) mass is 258 g/mol. The van der Waals surface area contributed by atoms with E-state index in [1.54, 1.807) is 36.4 Å². The van der Waals surface area contributed by atoms with Gasteiger partial charge in [0.25, 0.3) is 5.91 Å². The summed E-state index contributed by atoms with van der Waals surface area (Å²) in [5, 5.41) is 2.81. The lowest BCUT2D eigenvalue weighted by atomic mass is 10.1. The summed E-state index contributed by atoms with van der Waals surface area (Å²) in [7, 11) is 0. The van der Waals surface area contributed by atoms with Crippen LogP contribution in [0.2, 0.25) is 0 Å². The number of hydrogen-bond donors (Lipinski definition) is 2. The SMILES string of the molecule is C[C@@H](NC(=O)c1ccc(N)cc1)c1cccc(F)c1. The highest BCUT2D eigenvalue weighted by molar-refractivity contribution is 5.94. The zero-order chi connectivity index (χ0) is 13.8. The number of nitrogens with one attached hydrogen (secondary N) is 1. The fraction of sp³-hybridized carbons (Fsp3) is 0.133. The number of anilines is 1. The number of amides is 1. The van der Waals surface area contributed by atoms with Crippen LogP contribution in [0.1, 0.15) is 28.9 Å². The fourth-order valence-electron chi connectivity index (χ4n) is 1.77. The first-order chi connectivity index (χ1) is 9.06. The van der Waals surface area contributed by atoms with Crippen molar-refractivity contribution in [2.24, 2.45) is 0 Å². The van der Waals surface area contributed by atoms with Crippen LogP contribution in [-0.4, -0.2) is 5.91 Å². The second-order valence-corrected chi connectivity index (χ2v) is 4.37. The molecule has 4 heteroatoms. The lowest BCUT2D eigenvalue weighted by molar-refractivity contribution is 0.0940. The minimum atomic E-state index is -0.314. The molecule has 2 aromatic rings. The first-order valence-electron chi connectivity index (χ1n) is 5.98. The van der Waals surface area contributed by atoms with E-state index in [0.717, 1.165) is 5.56 Å². The third-order valence-electron chi connectivity index (χ3n) is 2.87. The van der Waals surface area contributed by atoms with Gasteiger partial charge in [0.2, 0.25) is 0 Å². The van der Waals surface area contributed by atoms with Crippen LogP contribution in [0.15, 0.2) is 48.5 Å². The molecule has 0 spiro atoms. The molecule has 3 N–H and O–H groups in total. The summed E-state index contributed by atoms with van der Waals surface area (Å²) in [5.41, 5.74) is 7.42. The number of carbonyl (C=O) groups is 1. The van der Waals surface area contributed by atoms with Crippen molar-refractivity contribution in [3.05, 3.63) is 65.5 Å². The molecule has 3 nitrogen and oxygen atoms in total. The average Bonchev–Trinajstić information content (AvgIpc) is 2.39. The maximum absolute atomic E-state index is 13.1. The van der Waals surface area contributed by atoms with Gasteiger partial charge < -0.3 is 11.1 Å². The van der Waals surface area contributed by atoms with Crippen LogP contribution in [0.3, 0.4) is 0 Å². The van der Waals surface area contributed by atoms with E-state index < -0.39 is 0 Å². The van der Waals surface area contributed by atoms with Crippen LogP contribution >= 0.6 is 0 Å². The third kappa shape index (κ3) is 3.31. The van der Waals surface area contributed by atoms with E-state index >= 15 is 0 Å². The summed E-state index contributed by atoms with van der Waals surface area (Å²) >= 11 is 0. The van der Waals surface area contributed by atoms with E-state index in [1.807, 2.05) is 6.92 Å². The molecule has 0 heterocycles. The largest absolute Gasteiger partial charge is 0.399 e. The van der Waals surface area contributed by atoms with Gasteiger partial charge in [0.1, 0.15) is 5.82 Å². The molecule has 0 aliphatic rings. The summed E-state index contributed by atoms with van der Waals surface area (Å²) in [4.78, 5) is 12.0. The van der Waals surface area contributed by atoms with Crippen molar-refractivity contribution >= 4 is 11.6 Å². The predicted octanol–water partition coefficient (Wildman–Crippen LogP) is 2.90. The molecule has 0 bridgehead atoms. The van der Waals surface area contributed by atoms with Crippen molar-refractivity contribution in [1.29, 1.82) is 0 Å². The van der Waals surface area contributed by atoms with Crippen molar-refractivity contribution in [3.8, 4) is 0 Å². The van der Waals surface area contributed by atoms with E-state index in [2.05, 4.69) is 5.32 Å². The Morgan fingerprint density at radius 3 is 2.53 bits per heavy atom. The molecule has 0 saturated carbocycles. The van der Waals surface area contributed by atoms with Gasteiger partial charge in [0.15, 0.2) is 0 Å². The summed E-state index contributed by atoms with van der Waals surface area (Å²) in [6.45, 7) is 1.81. The van der Waals surface area contributed by atoms with Gasteiger partial charge in [-0.25, -0.2) is 4.39 Å². The van der Waals surface area contributed by atoms with Gasteiger partial charge in [0.05, 0.1) is 6.04 Å². The Kier molecular flexibility index (Phi) is 3.80. The highest BCUT2D eigenvalue weighted by atomic mass is 19.1. The Morgan fingerprint density at radius 1 is 1.21 bits per heavy atom. The maximum atomic E-state index is 13.1. The van der Waals surface area contributed by atoms with Crippen LogP contribution in [-0.2, 0) is 0 Å². The van der Waals surface area contributed by atoms with Crippen LogP contribution in [0.5, 0.6) is 0 Å². The fourth-order valence-corrected chi connectivity index (χ4v) is 1.77. The molecule has 0 unspecified atom stereocenters. The Morgan fingerprint density at radius 2 is 1.89 bits per heavy atom. The number of halogens is 1. The first-order valence-corrected chi connectivity index (χ1v) is 5.98. The van der Waals surface area contributed by atoms with Crippen molar-refractivity contribution in [2.75, 3.05) is 5.73 Å². The number of carbonyl (C=O) groups excluding carboxylic acids is 1. The third-order valence-corrected chi connectivity index (χ3v) is 2.87. The Balaban J connectivity index is 2.08. The van der Waals surface area contributed by atoms with E-state index in [0.29, 0.717) is 11.3 Å². The van der Waals surface area contributed by atoms with Crippen LogP contribution in [0, 0.1) is 5.82 Å². The number of rotatable bonds is 3. The molecular formula is C15H15FN2O. The number of benzene rings is 2. The van der Waals surface area contributed by atoms with Crippen LogP contribution in [0.4, 0.5) is 10.1 Å².